The first kappa shape index (κ1) is 11.7. The van der Waals surface area contributed by atoms with Crippen molar-refractivity contribution in [3.8, 4) is 0 Å². The standard InChI is InChI=1S/C12H18N2O/c1-7-9-8(2)14(6)13-10(9)11(15)12(3,4)5/h7H,1H2,2-6H3. The van der Waals surface area contributed by atoms with Crippen LogP contribution in [-0.2, 0) is 7.05 Å². The van der Waals surface area contributed by atoms with Crippen LogP contribution in [0.25, 0.3) is 6.08 Å². The first-order valence-corrected chi connectivity index (χ1v) is 5.00. The minimum Gasteiger partial charge on any atom is -0.292 e. The second kappa shape index (κ2) is 3.65. The van der Waals surface area contributed by atoms with E-state index >= 15 is 0 Å². The van der Waals surface area contributed by atoms with E-state index in [9.17, 15) is 4.79 Å². The molecule has 0 aromatic carbocycles. The second-order valence-electron chi connectivity index (χ2n) is 4.75. The molecule has 0 fully saturated rings. The molecular formula is C12H18N2O. The Morgan fingerprint density at radius 2 is 2.00 bits per heavy atom. The van der Waals surface area contributed by atoms with Gasteiger partial charge in [-0.3, -0.25) is 9.48 Å². The Hall–Kier alpha value is -1.38. The summed E-state index contributed by atoms with van der Waals surface area (Å²) in [5.41, 5.74) is 1.94. The van der Waals surface area contributed by atoms with Crippen LogP contribution >= 0.6 is 0 Å². The maximum absolute atomic E-state index is 12.1. The van der Waals surface area contributed by atoms with Crippen molar-refractivity contribution < 1.29 is 4.79 Å². The Labute approximate surface area is 90.8 Å². The van der Waals surface area contributed by atoms with E-state index in [1.165, 1.54) is 0 Å². The maximum atomic E-state index is 12.1. The van der Waals surface area contributed by atoms with E-state index in [-0.39, 0.29) is 5.78 Å². The van der Waals surface area contributed by atoms with Crippen LogP contribution in [0.1, 0.15) is 42.5 Å². The van der Waals surface area contributed by atoms with Gasteiger partial charge in [0.25, 0.3) is 0 Å². The molecule has 1 rings (SSSR count). The second-order valence-corrected chi connectivity index (χ2v) is 4.75. The van der Waals surface area contributed by atoms with E-state index in [1.54, 1.807) is 10.8 Å². The highest BCUT2D eigenvalue weighted by Crippen LogP contribution is 2.24. The van der Waals surface area contributed by atoms with E-state index in [4.69, 9.17) is 0 Å². The van der Waals surface area contributed by atoms with Crippen LogP contribution in [0.4, 0.5) is 0 Å². The molecule has 0 radical (unpaired) electrons. The molecule has 15 heavy (non-hydrogen) atoms. The summed E-state index contributed by atoms with van der Waals surface area (Å²) in [6.07, 6.45) is 1.70. The summed E-state index contributed by atoms with van der Waals surface area (Å²) in [5, 5.41) is 4.24. The summed E-state index contributed by atoms with van der Waals surface area (Å²) >= 11 is 0. The number of carbonyl (C=O) groups is 1. The summed E-state index contributed by atoms with van der Waals surface area (Å²) < 4.78 is 1.72. The highest BCUT2D eigenvalue weighted by molar-refractivity contribution is 6.01. The third kappa shape index (κ3) is 2.01. The third-order valence-electron chi connectivity index (χ3n) is 2.48. The maximum Gasteiger partial charge on any atom is 0.188 e. The Balaban J connectivity index is 3.33. The highest BCUT2D eigenvalue weighted by atomic mass is 16.1. The van der Waals surface area contributed by atoms with Crippen LogP contribution in [0, 0.1) is 12.3 Å². The van der Waals surface area contributed by atoms with Crippen LogP contribution in [0.3, 0.4) is 0 Å². The van der Waals surface area contributed by atoms with Gasteiger partial charge >= 0.3 is 0 Å². The van der Waals surface area contributed by atoms with Crippen molar-refractivity contribution in [2.75, 3.05) is 0 Å². The van der Waals surface area contributed by atoms with Crippen molar-refractivity contribution in [1.29, 1.82) is 0 Å². The fourth-order valence-corrected chi connectivity index (χ4v) is 1.39. The van der Waals surface area contributed by atoms with Crippen molar-refractivity contribution in [2.24, 2.45) is 12.5 Å². The lowest BCUT2D eigenvalue weighted by Gasteiger charge is -2.15. The molecular weight excluding hydrogens is 188 g/mol. The molecule has 82 valence electrons. The van der Waals surface area contributed by atoms with Gasteiger partial charge in [-0.1, -0.05) is 33.4 Å². The Bertz CT molecular complexity index is 408. The molecule has 0 aliphatic rings. The zero-order valence-corrected chi connectivity index (χ0v) is 10.1. The molecule has 0 atom stereocenters. The number of ketones is 1. The van der Waals surface area contributed by atoms with Crippen molar-refractivity contribution in [3.05, 3.63) is 23.5 Å². The van der Waals surface area contributed by atoms with E-state index in [1.807, 2.05) is 34.7 Å². The normalized spacial score (nSPS) is 11.5. The van der Waals surface area contributed by atoms with Gasteiger partial charge in [-0.15, -0.1) is 0 Å². The van der Waals surface area contributed by atoms with Crippen molar-refractivity contribution in [3.63, 3.8) is 0 Å². The van der Waals surface area contributed by atoms with Gasteiger partial charge in [0.1, 0.15) is 5.69 Å². The molecule has 3 heteroatoms. The quantitative estimate of drug-likeness (QED) is 0.697. The number of rotatable bonds is 2. The van der Waals surface area contributed by atoms with Crippen molar-refractivity contribution >= 4 is 11.9 Å². The molecule has 1 aromatic heterocycles. The summed E-state index contributed by atoms with van der Waals surface area (Å²) in [4.78, 5) is 12.1. The zero-order chi connectivity index (χ0) is 11.8. The number of aryl methyl sites for hydroxylation is 1. The number of carbonyl (C=O) groups excluding carboxylic acids is 1. The average molecular weight is 206 g/mol. The molecule has 3 nitrogen and oxygen atoms in total. The van der Waals surface area contributed by atoms with Gasteiger partial charge in [0, 0.05) is 23.7 Å². The minimum absolute atomic E-state index is 0.0566. The Morgan fingerprint density at radius 3 is 2.40 bits per heavy atom. The fraction of sp³-hybridized carbons (Fsp3) is 0.500. The van der Waals surface area contributed by atoms with E-state index < -0.39 is 5.41 Å². The van der Waals surface area contributed by atoms with Crippen molar-refractivity contribution in [1.82, 2.24) is 9.78 Å². The number of Topliss-reactive ketones (excluding diaryl/α,β-unsaturated/α-hetero) is 1. The average Bonchev–Trinajstić information content (AvgIpc) is 2.40. The van der Waals surface area contributed by atoms with Crippen LogP contribution in [-0.4, -0.2) is 15.6 Å². The topological polar surface area (TPSA) is 34.9 Å². The molecule has 1 heterocycles. The lowest BCUT2D eigenvalue weighted by molar-refractivity contribution is 0.0852. The molecule has 1 aromatic rings. The predicted octanol–water partition coefficient (Wildman–Crippen LogP) is 2.60. The van der Waals surface area contributed by atoms with Gasteiger partial charge in [-0.05, 0) is 6.92 Å². The predicted molar refractivity (Wildman–Crippen MR) is 61.8 cm³/mol. The molecule has 0 bridgehead atoms. The molecule has 0 saturated heterocycles. The first-order valence-electron chi connectivity index (χ1n) is 5.00. The van der Waals surface area contributed by atoms with Gasteiger partial charge in [-0.25, -0.2) is 0 Å². The Kier molecular flexibility index (Phi) is 2.84. The smallest absolute Gasteiger partial charge is 0.188 e. The minimum atomic E-state index is -0.404. The molecule has 0 N–H and O–H groups in total. The molecule has 0 aliphatic heterocycles. The number of hydrogen-bond acceptors (Lipinski definition) is 2. The van der Waals surface area contributed by atoms with Crippen LogP contribution in [0.5, 0.6) is 0 Å². The first-order chi connectivity index (χ1) is 6.79. The van der Waals surface area contributed by atoms with Gasteiger partial charge in [0.05, 0.1) is 0 Å². The summed E-state index contributed by atoms with van der Waals surface area (Å²) in [5.74, 6) is 0.0566. The van der Waals surface area contributed by atoms with Crippen LogP contribution in [0.15, 0.2) is 6.58 Å². The van der Waals surface area contributed by atoms with Gasteiger partial charge in [-0.2, -0.15) is 5.10 Å². The third-order valence-corrected chi connectivity index (χ3v) is 2.48. The van der Waals surface area contributed by atoms with Crippen LogP contribution < -0.4 is 0 Å². The number of hydrogen-bond donors (Lipinski definition) is 0. The highest BCUT2D eigenvalue weighted by Gasteiger charge is 2.28. The molecule has 0 spiro atoms. The Morgan fingerprint density at radius 1 is 1.47 bits per heavy atom. The SMILES string of the molecule is C=Cc1c(C(=O)C(C)(C)C)nn(C)c1C. The lowest BCUT2D eigenvalue weighted by Crippen LogP contribution is -2.21. The zero-order valence-electron chi connectivity index (χ0n) is 10.1. The molecule has 0 saturated carbocycles. The molecule has 0 unspecified atom stereocenters. The van der Waals surface area contributed by atoms with E-state index in [0.29, 0.717) is 5.69 Å². The summed E-state index contributed by atoms with van der Waals surface area (Å²) in [7, 11) is 1.84. The molecule has 0 amide bonds. The van der Waals surface area contributed by atoms with Gasteiger partial charge in [0.2, 0.25) is 0 Å². The van der Waals surface area contributed by atoms with Crippen LogP contribution in [0.2, 0.25) is 0 Å². The number of aromatic nitrogens is 2. The van der Waals surface area contributed by atoms with E-state index in [0.717, 1.165) is 11.3 Å². The van der Waals surface area contributed by atoms with Crippen molar-refractivity contribution in [2.45, 2.75) is 27.7 Å². The fourth-order valence-electron chi connectivity index (χ4n) is 1.39. The van der Waals surface area contributed by atoms with E-state index in [2.05, 4.69) is 11.7 Å². The van der Waals surface area contributed by atoms with Gasteiger partial charge in [0.15, 0.2) is 5.78 Å². The summed E-state index contributed by atoms with van der Waals surface area (Å²) in [6, 6.07) is 0. The molecule has 0 aliphatic carbocycles. The van der Waals surface area contributed by atoms with Gasteiger partial charge < -0.3 is 0 Å². The summed E-state index contributed by atoms with van der Waals surface area (Å²) in [6.45, 7) is 11.3. The monoisotopic (exact) mass is 206 g/mol. The largest absolute Gasteiger partial charge is 0.292 e. The lowest BCUT2D eigenvalue weighted by atomic mass is 9.87. The number of nitrogens with zero attached hydrogens (tertiary/aromatic N) is 2.